The molecular formula is C18H23Cl2N3O. The molecular weight excluding hydrogens is 345 g/mol. The van der Waals surface area contributed by atoms with Gasteiger partial charge in [-0.05, 0) is 57.2 Å². The van der Waals surface area contributed by atoms with Crippen LogP contribution in [-0.2, 0) is 0 Å². The first kappa shape index (κ1) is 20.4. The van der Waals surface area contributed by atoms with Crippen molar-refractivity contribution in [1.29, 1.82) is 0 Å². The predicted molar refractivity (Wildman–Crippen MR) is 103 cm³/mol. The van der Waals surface area contributed by atoms with E-state index in [1.54, 1.807) is 12.4 Å². The topological polar surface area (TPSA) is 45.2 Å². The minimum absolute atomic E-state index is 0. The number of aromatic nitrogens is 1. The lowest BCUT2D eigenvalue weighted by Gasteiger charge is -2.28. The van der Waals surface area contributed by atoms with Crippen LogP contribution in [-0.4, -0.2) is 35.8 Å². The fourth-order valence-electron chi connectivity index (χ4n) is 2.86. The number of ketones is 1. The van der Waals surface area contributed by atoms with Gasteiger partial charge in [-0.15, -0.1) is 24.8 Å². The van der Waals surface area contributed by atoms with Gasteiger partial charge in [0.05, 0.1) is 0 Å². The van der Waals surface area contributed by atoms with Gasteiger partial charge in [-0.3, -0.25) is 9.78 Å². The number of carbonyl (C=O) groups is 1. The summed E-state index contributed by atoms with van der Waals surface area (Å²) in [6.07, 6.45) is 5.40. The van der Waals surface area contributed by atoms with Crippen molar-refractivity contribution >= 4 is 42.0 Å². The van der Waals surface area contributed by atoms with Gasteiger partial charge in [-0.25, -0.2) is 0 Å². The molecule has 0 radical (unpaired) electrons. The lowest BCUT2D eigenvalue weighted by atomic mass is 9.89. The number of Topliss-reactive ketones (excluding diaryl/α,β-unsaturated/α-hetero) is 1. The number of piperidine rings is 1. The highest BCUT2D eigenvalue weighted by atomic mass is 35.5. The second kappa shape index (κ2) is 9.62. The fourth-order valence-corrected chi connectivity index (χ4v) is 2.86. The van der Waals surface area contributed by atoms with Crippen molar-refractivity contribution in [2.24, 2.45) is 5.92 Å². The molecule has 1 fully saturated rings. The van der Waals surface area contributed by atoms with Gasteiger partial charge in [-0.2, -0.15) is 0 Å². The van der Waals surface area contributed by atoms with Gasteiger partial charge in [0.25, 0.3) is 0 Å². The zero-order valence-electron chi connectivity index (χ0n) is 13.6. The van der Waals surface area contributed by atoms with Gasteiger partial charge in [0.2, 0.25) is 0 Å². The Balaban J connectivity index is 0.00000144. The number of hydrogen-bond donors (Lipinski definition) is 1. The molecule has 0 atom stereocenters. The Morgan fingerprint density at radius 2 is 1.75 bits per heavy atom. The normalized spacial score (nSPS) is 15.0. The zero-order chi connectivity index (χ0) is 15.4. The van der Waals surface area contributed by atoms with E-state index < -0.39 is 0 Å². The summed E-state index contributed by atoms with van der Waals surface area (Å²) in [5.41, 5.74) is 2.71. The molecule has 130 valence electrons. The van der Waals surface area contributed by atoms with Crippen LogP contribution < -0.4 is 5.32 Å². The van der Waals surface area contributed by atoms with Crippen LogP contribution in [0.1, 0.15) is 23.2 Å². The highest BCUT2D eigenvalue weighted by molar-refractivity contribution is 5.98. The standard InChI is InChI=1S/C18H21N3O.2ClH/c1-21-11-7-14(8-12-21)18(22)15-3-2-4-17(13-15)20-16-5-9-19-10-6-16;;/h2-6,9-10,13-14H,7-8,11-12H2,1H3,(H,19,20);2*1H. The Labute approximate surface area is 155 Å². The van der Waals surface area contributed by atoms with E-state index in [1.165, 1.54) is 0 Å². The maximum Gasteiger partial charge on any atom is 0.166 e. The molecule has 0 saturated carbocycles. The SMILES string of the molecule is CN1CCC(C(=O)c2cccc(Nc3ccncc3)c2)CC1.Cl.Cl. The minimum atomic E-state index is 0. The van der Waals surface area contributed by atoms with Crippen LogP contribution >= 0.6 is 24.8 Å². The van der Waals surface area contributed by atoms with Crippen molar-refractivity contribution in [3.63, 3.8) is 0 Å². The van der Waals surface area contributed by atoms with Crippen LogP contribution in [0.5, 0.6) is 0 Å². The maximum absolute atomic E-state index is 12.7. The Morgan fingerprint density at radius 3 is 2.42 bits per heavy atom. The molecule has 1 aliphatic heterocycles. The number of hydrogen-bond acceptors (Lipinski definition) is 4. The van der Waals surface area contributed by atoms with Gasteiger partial charge < -0.3 is 10.2 Å². The minimum Gasteiger partial charge on any atom is -0.355 e. The van der Waals surface area contributed by atoms with Crippen molar-refractivity contribution < 1.29 is 4.79 Å². The summed E-state index contributed by atoms with van der Waals surface area (Å²) in [6.45, 7) is 2.01. The molecule has 0 unspecified atom stereocenters. The molecule has 4 nitrogen and oxygen atoms in total. The third kappa shape index (κ3) is 5.20. The highest BCUT2D eigenvalue weighted by Gasteiger charge is 2.24. The van der Waals surface area contributed by atoms with E-state index in [-0.39, 0.29) is 36.5 Å². The van der Waals surface area contributed by atoms with Crippen LogP contribution in [0.3, 0.4) is 0 Å². The van der Waals surface area contributed by atoms with Crippen molar-refractivity contribution in [3.8, 4) is 0 Å². The number of nitrogens with one attached hydrogen (secondary N) is 1. The summed E-state index contributed by atoms with van der Waals surface area (Å²) in [6, 6.07) is 11.6. The monoisotopic (exact) mass is 367 g/mol. The summed E-state index contributed by atoms with van der Waals surface area (Å²) >= 11 is 0. The molecule has 0 aliphatic carbocycles. The molecule has 3 rings (SSSR count). The Bertz CT molecular complexity index is 644. The van der Waals surface area contributed by atoms with Crippen LogP contribution in [0.2, 0.25) is 0 Å². The molecule has 2 aromatic rings. The first-order chi connectivity index (χ1) is 10.7. The molecule has 0 bridgehead atoms. The quantitative estimate of drug-likeness (QED) is 0.822. The molecule has 24 heavy (non-hydrogen) atoms. The van der Waals surface area contributed by atoms with Crippen LogP contribution in [0.4, 0.5) is 11.4 Å². The molecule has 1 aromatic heterocycles. The smallest absolute Gasteiger partial charge is 0.166 e. The Hall–Kier alpha value is -1.62. The van der Waals surface area contributed by atoms with E-state index in [2.05, 4.69) is 22.2 Å². The first-order valence-electron chi connectivity index (χ1n) is 7.72. The summed E-state index contributed by atoms with van der Waals surface area (Å²) in [4.78, 5) is 18.9. The first-order valence-corrected chi connectivity index (χ1v) is 7.72. The van der Waals surface area contributed by atoms with Crippen LogP contribution in [0.25, 0.3) is 0 Å². The average Bonchev–Trinajstić information content (AvgIpc) is 2.56. The molecule has 2 heterocycles. The van der Waals surface area contributed by atoms with E-state index in [0.29, 0.717) is 0 Å². The van der Waals surface area contributed by atoms with E-state index in [1.807, 2.05) is 36.4 Å². The van der Waals surface area contributed by atoms with Gasteiger partial charge in [0, 0.05) is 35.2 Å². The van der Waals surface area contributed by atoms with Crippen LogP contribution in [0, 0.1) is 5.92 Å². The number of carbonyl (C=O) groups excluding carboxylic acids is 1. The Morgan fingerprint density at radius 1 is 1.08 bits per heavy atom. The number of benzene rings is 1. The zero-order valence-corrected chi connectivity index (χ0v) is 15.3. The van der Waals surface area contributed by atoms with E-state index >= 15 is 0 Å². The van der Waals surface area contributed by atoms with Crippen molar-refractivity contribution in [1.82, 2.24) is 9.88 Å². The lowest BCUT2D eigenvalue weighted by Crippen LogP contribution is -2.33. The number of anilines is 2. The van der Waals surface area contributed by atoms with E-state index in [9.17, 15) is 4.79 Å². The molecule has 1 N–H and O–H groups in total. The summed E-state index contributed by atoms with van der Waals surface area (Å²) in [7, 11) is 2.11. The number of nitrogens with zero attached hydrogens (tertiary/aromatic N) is 2. The fraction of sp³-hybridized carbons (Fsp3) is 0.333. The molecule has 1 saturated heterocycles. The predicted octanol–water partition coefficient (Wildman–Crippen LogP) is 4.19. The summed E-state index contributed by atoms with van der Waals surface area (Å²) < 4.78 is 0. The number of likely N-dealkylation sites (tertiary alicyclic amines) is 1. The van der Waals surface area contributed by atoms with Crippen molar-refractivity contribution in [3.05, 3.63) is 54.4 Å². The molecule has 0 spiro atoms. The second-order valence-corrected chi connectivity index (χ2v) is 5.88. The maximum atomic E-state index is 12.7. The Kier molecular flexibility index (Phi) is 8.19. The van der Waals surface area contributed by atoms with Gasteiger partial charge >= 0.3 is 0 Å². The highest BCUT2D eigenvalue weighted by Crippen LogP contribution is 2.23. The van der Waals surface area contributed by atoms with Crippen molar-refractivity contribution in [2.75, 3.05) is 25.5 Å². The average molecular weight is 368 g/mol. The van der Waals surface area contributed by atoms with Crippen molar-refractivity contribution in [2.45, 2.75) is 12.8 Å². The van der Waals surface area contributed by atoms with Gasteiger partial charge in [0.1, 0.15) is 0 Å². The van der Waals surface area contributed by atoms with E-state index in [4.69, 9.17) is 0 Å². The second-order valence-electron chi connectivity index (χ2n) is 5.88. The van der Waals surface area contributed by atoms with Gasteiger partial charge in [0.15, 0.2) is 5.78 Å². The number of halogens is 2. The van der Waals surface area contributed by atoms with E-state index in [0.717, 1.165) is 42.9 Å². The summed E-state index contributed by atoms with van der Waals surface area (Å²) in [5.74, 6) is 0.429. The third-order valence-electron chi connectivity index (χ3n) is 4.21. The number of rotatable bonds is 4. The largest absolute Gasteiger partial charge is 0.355 e. The molecule has 1 aromatic carbocycles. The number of pyridine rings is 1. The van der Waals surface area contributed by atoms with Crippen LogP contribution in [0.15, 0.2) is 48.8 Å². The molecule has 0 amide bonds. The summed E-state index contributed by atoms with van der Waals surface area (Å²) in [5, 5.41) is 3.31. The lowest BCUT2D eigenvalue weighted by molar-refractivity contribution is 0.0857. The third-order valence-corrected chi connectivity index (χ3v) is 4.21. The molecule has 6 heteroatoms. The van der Waals surface area contributed by atoms with Gasteiger partial charge in [-0.1, -0.05) is 12.1 Å². The molecule has 1 aliphatic rings.